The second-order valence-electron chi connectivity index (χ2n) is 6.33. The summed E-state index contributed by atoms with van der Waals surface area (Å²) in [6.07, 6.45) is 4.37. The summed E-state index contributed by atoms with van der Waals surface area (Å²) in [5.74, 6) is -0.0431. The molecule has 3 aromatic rings. The molecule has 1 aliphatic heterocycles. The molecule has 0 saturated heterocycles. The number of benzene rings is 1. The lowest BCUT2D eigenvalue weighted by Crippen LogP contribution is -2.44. The number of hydrogen-bond donors (Lipinski definition) is 0. The maximum atomic E-state index is 12.9. The minimum Gasteiger partial charge on any atom is -0.348 e. The van der Waals surface area contributed by atoms with E-state index >= 15 is 0 Å². The van der Waals surface area contributed by atoms with Gasteiger partial charge in [-0.15, -0.1) is 0 Å². The van der Waals surface area contributed by atoms with Crippen LogP contribution >= 0.6 is 0 Å². The molecule has 1 unspecified atom stereocenters. The molecule has 6 heteroatoms. The van der Waals surface area contributed by atoms with Gasteiger partial charge in [0.25, 0.3) is 5.56 Å². The highest BCUT2D eigenvalue weighted by atomic mass is 16.2. The first-order valence-electron chi connectivity index (χ1n) is 8.57. The van der Waals surface area contributed by atoms with Gasteiger partial charge in [0.15, 0.2) is 0 Å². The lowest BCUT2D eigenvalue weighted by atomic mass is 10.1. The lowest BCUT2D eigenvalue weighted by molar-refractivity contribution is -0.135. The minimum atomic E-state index is -0.174. The maximum absolute atomic E-state index is 12.9. The second kappa shape index (κ2) is 6.20. The van der Waals surface area contributed by atoms with E-state index in [2.05, 4.69) is 28.7 Å². The zero-order valence-electron chi connectivity index (χ0n) is 14.1. The van der Waals surface area contributed by atoms with Gasteiger partial charge in [-0.1, -0.05) is 19.1 Å². The minimum absolute atomic E-state index is 0.0217. The number of amides is 1. The molecule has 1 amide bonds. The smallest absolute Gasteiger partial charge is 0.261 e. The second-order valence-corrected chi connectivity index (χ2v) is 6.33. The van der Waals surface area contributed by atoms with Crippen LogP contribution in [0.2, 0.25) is 0 Å². The van der Waals surface area contributed by atoms with Crippen LogP contribution in [0.4, 0.5) is 0 Å². The number of hydrogen-bond acceptors (Lipinski definition) is 3. The van der Waals surface area contributed by atoms with Gasteiger partial charge in [0.2, 0.25) is 5.91 Å². The molecule has 25 heavy (non-hydrogen) atoms. The van der Waals surface area contributed by atoms with Crippen molar-refractivity contribution in [3.05, 3.63) is 65.0 Å². The molecule has 6 nitrogen and oxygen atoms in total. The Hall–Kier alpha value is -2.89. The van der Waals surface area contributed by atoms with Crippen molar-refractivity contribution in [2.45, 2.75) is 32.5 Å². The van der Waals surface area contributed by atoms with E-state index in [0.29, 0.717) is 17.4 Å². The van der Waals surface area contributed by atoms with E-state index in [1.807, 2.05) is 23.1 Å². The van der Waals surface area contributed by atoms with Crippen LogP contribution in [-0.2, 0) is 17.9 Å². The first kappa shape index (κ1) is 15.6. The third-order valence-corrected chi connectivity index (χ3v) is 4.91. The molecule has 1 aromatic carbocycles. The molecule has 4 rings (SSSR count). The highest BCUT2D eigenvalue weighted by Crippen LogP contribution is 2.28. The van der Waals surface area contributed by atoms with Crippen molar-refractivity contribution in [2.75, 3.05) is 6.54 Å². The molecule has 0 fully saturated rings. The number of aromatic nitrogens is 3. The molecule has 2 aromatic heterocycles. The van der Waals surface area contributed by atoms with Gasteiger partial charge in [0.1, 0.15) is 6.54 Å². The van der Waals surface area contributed by atoms with Crippen LogP contribution in [0.5, 0.6) is 0 Å². The Morgan fingerprint density at radius 2 is 2.04 bits per heavy atom. The normalized spacial score (nSPS) is 16.8. The summed E-state index contributed by atoms with van der Waals surface area (Å²) >= 11 is 0. The van der Waals surface area contributed by atoms with Gasteiger partial charge in [-0.2, -0.15) is 0 Å². The molecule has 0 saturated carbocycles. The van der Waals surface area contributed by atoms with Crippen molar-refractivity contribution < 1.29 is 4.79 Å². The van der Waals surface area contributed by atoms with Crippen LogP contribution in [0.25, 0.3) is 10.9 Å². The Morgan fingerprint density at radius 1 is 1.20 bits per heavy atom. The summed E-state index contributed by atoms with van der Waals surface area (Å²) in [5, 5.41) is 0.539. The number of fused-ring (bicyclic) bond motifs is 2. The maximum Gasteiger partial charge on any atom is 0.261 e. The fraction of sp³-hybridized carbons (Fsp3) is 0.316. The summed E-state index contributed by atoms with van der Waals surface area (Å²) in [4.78, 5) is 31.7. The van der Waals surface area contributed by atoms with Gasteiger partial charge in [-0.3, -0.25) is 14.2 Å². The molecular formula is C19H20N4O2. The predicted molar refractivity (Wildman–Crippen MR) is 95.2 cm³/mol. The average molecular weight is 336 g/mol. The average Bonchev–Trinajstić information content (AvgIpc) is 3.12. The molecule has 0 N–H and O–H groups in total. The largest absolute Gasteiger partial charge is 0.348 e. The zero-order valence-corrected chi connectivity index (χ0v) is 14.1. The highest BCUT2D eigenvalue weighted by Gasteiger charge is 2.29. The monoisotopic (exact) mass is 336 g/mol. The van der Waals surface area contributed by atoms with Crippen LogP contribution in [0.3, 0.4) is 0 Å². The van der Waals surface area contributed by atoms with E-state index in [1.165, 1.54) is 10.9 Å². The Bertz CT molecular complexity index is 988. The van der Waals surface area contributed by atoms with Crippen LogP contribution in [0.15, 0.2) is 53.7 Å². The van der Waals surface area contributed by atoms with E-state index in [1.54, 1.807) is 12.1 Å². The summed E-state index contributed by atoms with van der Waals surface area (Å²) in [5.41, 5.74) is 1.64. The molecule has 0 spiro atoms. The van der Waals surface area contributed by atoms with Gasteiger partial charge >= 0.3 is 0 Å². The topological polar surface area (TPSA) is 60.1 Å². The molecule has 1 atom stereocenters. The third kappa shape index (κ3) is 2.63. The quantitative estimate of drug-likeness (QED) is 0.737. The van der Waals surface area contributed by atoms with Crippen molar-refractivity contribution >= 4 is 16.8 Å². The van der Waals surface area contributed by atoms with Crippen LogP contribution in [-0.4, -0.2) is 31.5 Å². The van der Waals surface area contributed by atoms with E-state index in [0.717, 1.165) is 18.7 Å². The molecule has 0 aliphatic carbocycles. The Labute approximate surface area is 145 Å². The molecule has 1 aliphatic rings. The van der Waals surface area contributed by atoms with E-state index < -0.39 is 0 Å². The van der Waals surface area contributed by atoms with E-state index in [-0.39, 0.29) is 24.1 Å². The van der Waals surface area contributed by atoms with E-state index in [9.17, 15) is 9.59 Å². The van der Waals surface area contributed by atoms with Crippen molar-refractivity contribution in [3.8, 4) is 0 Å². The summed E-state index contributed by atoms with van der Waals surface area (Å²) < 4.78 is 3.60. The van der Waals surface area contributed by atoms with Crippen molar-refractivity contribution in [3.63, 3.8) is 0 Å². The van der Waals surface area contributed by atoms with Gasteiger partial charge in [-0.05, 0) is 30.7 Å². The Morgan fingerprint density at radius 3 is 2.88 bits per heavy atom. The van der Waals surface area contributed by atoms with Crippen molar-refractivity contribution in [2.24, 2.45) is 0 Å². The zero-order chi connectivity index (χ0) is 17.4. The fourth-order valence-electron chi connectivity index (χ4n) is 3.65. The molecule has 3 heterocycles. The fourth-order valence-corrected chi connectivity index (χ4v) is 3.65. The summed E-state index contributed by atoms with van der Waals surface area (Å²) in [7, 11) is 0. The van der Waals surface area contributed by atoms with Gasteiger partial charge < -0.3 is 9.47 Å². The van der Waals surface area contributed by atoms with Gasteiger partial charge in [-0.25, -0.2) is 4.98 Å². The SMILES string of the molecule is CCC1c2cccn2CCN1C(=O)Cn1cnc2ccccc2c1=O. The standard InChI is InChI=1S/C19H20N4O2/c1-2-16-17-8-5-9-21(17)10-11-23(16)18(24)12-22-13-20-15-7-4-3-6-14(15)19(22)25/h3-9,13,16H,2,10-12H2,1H3. The van der Waals surface area contributed by atoms with Crippen LogP contribution in [0, 0.1) is 0 Å². The van der Waals surface area contributed by atoms with Gasteiger partial charge in [0.05, 0.1) is 23.3 Å². The molecule has 128 valence electrons. The number of nitrogens with zero attached hydrogens (tertiary/aromatic N) is 4. The Kier molecular flexibility index (Phi) is 3.87. The first-order chi connectivity index (χ1) is 12.2. The molecule has 0 bridgehead atoms. The predicted octanol–water partition coefficient (Wildman–Crippen LogP) is 2.19. The van der Waals surface area contributed by atoms with Crippen molar-refractivity contribution in [1.82, 2.24) is 19.0 Å². The number of rotatable bonds is 3. The lowest BCUT2D eigenvalue weighted by Gasteiger charge is -2.36. The van der Waals surface area contributed by atoms with Crippen LogP contribution < -0.4 is 5.56 Å². The molecular weight excluding hydrogens is 316 g/mol. The number of para-hydroxylation sites is 1. The Balaban J connectivity index is 1.62. The highest BCUT2D eigenvalue weighted by molar-refractivity contribution is 5.79. The summed E-state index contributed by atoms with van der Waals surface area (Å²) in [6.45, 7) is 3.55. The first-order valence-corrected chi connectivity index (χ1v) is 8.57. The third-order valence-electron chi connectivity index (χ3n) is 4.91. The van der Waals surface area contributed by atoms with Crippen LogP contribution in [0.1, 0.15) is 25.1 Å². The number of carbonyl (C=O) groups excluding carboxylic acids is 1. The van der Waals surface area contributed by atoms with Crippen molar-refractivity contribution in [1.29, 1.82) is 0 Å². The van der Waals surface area contributed by atoms with E-state index in [4.69, 9.17) is 0 Å². The number of carbonyl (C=O) groups is 1. The van der Waals surface area contributed by atoms with Gasteiger partial charge in [0, 0.05) is 25.0 Å². The molecule has 0 radical (unpaired) electrons. The summed E-state index contributed by atoms with van der Waals surface area (Å²) in [6, 6.07) is 11.3.